The summed E-state index contributed by atoms with van der Waals surface area (Å²) in [7, 11) is 0. The summed E-state index contributed by atoms with van der Waals surface area (Å²) in [6.45, 7) is 9.73. The van der Waals surface area contributed by atoms with Crippen molar-refractivity contribution >= 4 is 22.9 Å². The molecule has 2 rings (SSSR count). The number of rotatable bonds is 0. The number of allylic oxidation sites excluding steroid dienone is 1. The van der Waals surface area contributed by atoms with Gasteiger partial charge in [0.15, 0.2) is 0 Å². The van der Waals surface area contributed by atoms with Gasteiger partial charge < -0.3 is 10.6 Å². The van der Waals surface area contributed by atoms with Gasteiger partial charge in [-0.1, -0.05) is 6.08 Å². The number of benzene rings is 1. The Balaban J connectivity index is 2.75. The normalized spacial score (nSPS) is 17.2. The van der Waals surface area contributed by atoms with Gasteiger partial charge in [0.05, 0.1) is 11.2 Å². The van der Waals surface area contributed by atoms with Gasteiger partial charge in [-0.15, -0.1) is 0 Å². The molecular weight excluding hydrogens is 224 g/mol. The quantitative estimate of drug-likeness (QED) is 0.713. The Bertz CT molecular complexity index is 556. The van der Waals surface area contributed by atoms with E-state index in [4.69, 9.17) is 5.73 Å². The van der Waals surface area contributed by atoms with E-state index in [0.717, 1.165) is 22.5 Å². The molecular formula is C15H20N2O. The van der Waals surface area contributed by atoms with Crippen LogP contribution in [0.5, 0.6) is 0 Å². The van der Waals surface area contributed by atoms with Crippen LogP contribution in [0.4, 0.5) is 11.4 Å². The fourth-order valence-corrected chi connectivity index (χ4v) is 2.77. The van der Waals surface area contributed by atoms with Crippen molar-refractivity contribution in [2.24, 2.45) is 0 Å². The number of carbonyl (C=O) groups excluding carboxylic acids is 1. The topological polar surface area (TPSA) is 46.3 Å². The highest BCUT2D eigenvalue weighted by molar-refractivity contribution is 5.99. The Kier molecular flexibility index (Phi) is 2.73. The molecule has 0 fully saturated rings. The van der Waals surface area contributed by atoms with E-state index in [9.17, 15) is 4.79 Å². The van der Waals surface area contributed by atoms with E-state index < -0.39 is 0 Å². The summed E-state index contributed by atoms with van der Waals surface area (Å²) in [5, 5.41) is 0. The van der Waals surface area contributed by atoms with Gasteiger partial charge in [0, 0.05) is 18.2 Å². The highest BCUT2D eigenvalue weighted by atomic mass is 16.2. The summed E-state index contributed by atoms with van der Waals surface area (Å²) < 4.78 is 0. The molecule has 96 valence electrons. The molecule has 0 atom stereocenters. The summed E-state index contributed by atoms with van der Waals surface area (Å²) in [6, 6.07) is 3.96. The first-order valence-corrected chi connectivity index (χ1v) is 6.15. The molecule has 0 bridgehead atoms. The molecule has 1 amide bonds. The Morgan fingerprint density at radius 2 is 1.89 bits per heavy atom. The molecule has 0 saturated heterocycles. The second kappa shape index (κ2) is 3.87. The van der Waals surface area contributed by atoms with Crippen LogP contribution in [0.2, 0.25) is 0 Å². The van der Waals surface area contributed by atoms with Crippen molar-refractivity contribution in [3.05, 3.63) is 29.3 Å². The number of nitrogens with zero attached hydrogens (tertiary/aromatic N) is 1. The zero-order valence-corrected chi connectivity index (χ0v) is 11.7. The van der Waals surface area contributed by atoms with Crippen molar-refractivity contribution in [3.63, 3.8) is 0 Å². The van der Waals surface area contributed by atoms with Crippen LogP contribution in [0.1, 0.15) is 38.8 Å². The molecule has 1 aromatic carbocycles. The molecule has 0 aromatic heterocycles. The van der Waals surface area contributed by atoms with E-state index in [1.807, 2.05) is 37.8 Å². The number of nitrogen functional groups attached to an aromatic ring is 1. The van der Waals surface area contributed by atoms with Crippen LogP contribution in [0, 0.1) is 6.92 Å². The Morgan fingerprint density at radius 1 is 1.28 bits per heavy atom. The number of amides is 1. The fraction of sp³-hybridized carbons (Fsp3) is 0.400. The van der Waals surface area contributed by atoms with Gasteiger partial charge in [-0.25, -0.2) is 0 Å². The fourth-order valence-electron chi connectivity index (χ4n) is 2.77. The molecule has 1 heterocycles. The van der Waals surface area contributed by atoms with Crippen LogP contribution in [0.15, 0.2) is 18.2 Å². The number of carbonyl (C=O) groups is 1. The van der Waals surface area contributed by atoms with Crippen LogP contribution in [-0.4, -0.2) is 11.4 Å². The van der Waals surface area contributed by atoms with Crippen LogP contribution in [0.3, 0.4) is 0 Å². The molecule has 1 aliphatic rings. The predicted octanol–water partition coefficient (Wildman–Crippen LogP) is 3.13. The molecule has 0 spiro atoms. The summed E-state index contributed by atoms with van der Waals surface area (Å²) in [4.78, 5) is 13.8. The third-order valence-electron chi connectivity index (χ3n) is 3.51. The smallest absolute Gasteiger partial charge is 0.224 e. The van der Waals surface area contributed by atoms with Crippen molar-refractivity contribution < 1.29 is 4.79 Å². The molecule has 0 saturated carbocycles. The van der Waals surface area contributed by atoms with Gasteiger partial charge in [-0.3, -0.25) is 4.79 Å². The maximum Gasteiger partial charge on any atom is 0.224 e. The molecule has 1 aromatic rings. The van der Waals surface area contributed by atoms with Crippen LogP contribution in [0.25, 0.3) is 5.57 Å². The molecule has 2 N–H and O–H groups in total. The molecule has 3 heteroatoms. The minimum absolute atomic E-state index is 0.0502. The van der Waals surface area contributed by atoms with E-state index in [2.05, 4.69) is 13.0 Å². The maximum absolute atomic E-state index is 11.9. The third kappa shape index (κ3) is 1.80. The van der Waals surface area contributed by atoms with Crippen LogP contribution >= 0.6 is 0 Å². The predicted molar refractivity (Wildman–Crippen MR) is 76.5 cm³/mol. The van der Waals surface area contributed by atoms with Crippen molar-refractivity contribution in [2.45, 2.75) is 40.2 Å². The first-order chi connectivity index (χ1) is 8.24. The van der Waals surface area contributed by atoms with Crippen molar-refractivity contribution in [2.75, 3.05) is 10.6 Å². The Labute approximate surface area is 108 Å². The second-order valence-corrected chi connectivity index (χ2v) is 5.56. The maximum atomic E-state index is 11.9. The van der Waals surface area contributed by atoms with Crippen molar-refractivity contribution in [3.8, 4) is 0 Å². The number of aryl methyl sites for hydroxylation is 1. The van der Waals surface area contributed by atoms with Crippen molar-refractivity contribution in [1.29, 1.82) is 0 Å². The molecule has 3 nitrogen and oxygen atoms in total. The van der Waals surface area contributed by atoms with Crippen LogP contribution in [-0.2, 0) is 4.79 Å². The standard InChI is InChI=1S/C15H20N2O/c1-9-6-14-12(7-13(9)16)10(2)8-15(4,5)17(14)11(3)18/h6-8H,16H2,1-5H3. The van der Waals surface area contributed by atoms with E-state index in [1.54, 1.807) is 6.92 Å². The largest absolute Gasteiger partial charge is 0.398 e. The van der Waals surface area contributed by atoms with Gasteiger partial charge in [0.2, 0.25) is 5.91 Å². The van der Waals surface area contributed by atoms with Gasteiger partial charge in [-0.05, 0) is 51.0 Å². The van der Waals surface area contributed by atoms with Gasteiger partial charge >= 0.3 is 0 Å². The van der Waals surface area contributed by atoms with E-state index in [0.29, 0.717) is 0 Å². The van der Waals surface area contributed by atoms with Crippen LogP contribution < -0.4 is 10.6 Å². The second-order valence-electron chi connectivity index (χ2n) is 5.56. The number of anilines is 2. The van der Waals surface area contributed by atoms with Crippen molar-refractivity contribution in [1.82, 2.24) is 0 Å². The SMILES string of the molecule is CC(=O)N1c2cc(C)c(N)cc2C(C)=CC1(C)C. The molecule has 18 heavy (non-hydrogen) atoms. The lowest BCUT2D eigenvalue weighted by molar-refractivity contribution is -0.117. The highest BCUT2D eigenvalue weighted by Crippen LogP contribution is 2.40. The Morgan fingerprint density at radius 3 is 2.44 bits per heavy atom. The molecule has 0 unspecified atom stereocenters. The summed E-state index contributed by atoms with van der Waals surface area (Å²) >= 11 is 0. The average Bonchev–Trinajstić information content (AvgIpc) is 2.19. The number of fused-ring (bicyclic) bond motifs is 1. The van der Waals surface area contributed by atoms with Gasteiger partial charge in [-0.2, -0.15) is 0 Å². The van der Waals surface area contributed by atoms with Gasteiger partial charge in [0.25, 0.3) is 0 Å². The summed E-state index contributed by atoms with van der Waals surface area (Å²) in [5.74, 6) is 0.0502. The first-order valence-electron chi connectivity index (χ1n) is 6.15. The van der Waals surface area contributed by atoms with E-state index in [-0.39, 0.29) is 11.4 Å². The third-order valence-corrected chi connectivity index (χ3v) is 3.51. The monoisotopic (exact) mass is 244 g/mol. The number of nitrogens with two attached hydrogens (primary N) is 1. The van der Waals surface area contributed by atoms with E-state index >= 15 is 0 Å². The lowest BCUT2D eigenvalue weighted by Gasteiger charge is -2.41. The zero-order chi connectivity index (χ0) is 13.7. The Hall–Kier alpha value is -1.77. The minimum atomic E-state index is -0.300. The lowest BCUT2D eigenvalue weighted by Crippen LogP contribution is -2.48. The average molecular weight is 244 g/mol. The number of hydrogen-bond donors (Lipinski definition) is 1. The number of hydrogen-bond acceptors (Lipinski definition) is 2. The zero-order valence-electron chi connectivity index (χ0n) is 11.7. The lowest BCUT2D eigenvalue weighted by atomic mass is 9.87. The van der Waals surface area contributed by atoms with E-state index in [1.165, 1.54) is 5.57 Å². The molecule has 1 aliphatic heterocycles. The highest BCUT2D eigenvalue weighted by Gasteiger charge is 2.34. The summed E-state index contributed by atoms with van der Waals surface area (Å²) in [6.07, 6.45) is 2.12. The first kappa shape index (κ1) is 12.7. The summed E-state index contributed by atoms with van der Waals surface area (Å²) in [5.41, 5.74) is 10.6. The molecule has 0 aliphatic carbocycles. The minimum Gasteiger partial charge on any atom is -0.398 e. The molecule has 0 radical (unpaired) electrons. The van der Waals surface area contributed by atoms with Gasteiger partial charge in [0.1, 0.15) is 0 Å².